The monoisotopic (exact) mass is 462 g/mol. The van der Waals surface area contributed by atoms with E-state index in [1.807, 2.05) is 63.2 Å². The Labute approximate surface area is 182 Å². The van der Waals surface area contributed by atoms with Crippen LogP contribution in [0.2, 0.25) is 0 Å². The summed E-state index contributed by atoms with van der Waals surface area (Å²) in [7, 11) is 0. The third-order valence-electron chi connectivity index (χ3n) is 4.86. The molecule has 4 aromatic rings. The third kappa shape index (κ3) is 3.81. The highest BCUT2D eigenvalue weighted by Gasteiger charge is 2.22. The Balaban J connectivity index is 1.94. The number of carbonyl (C=O) groups excluding carboxylic acids is 1. The Kier molecular flexibility index (Phi) is 5.31. The lowest BCUT2D eigenvalue weighted by molar-refractivity contribution is 0.0731. The molecule has 0 fully saturated rings. The first kappa shape index (κ1) is 20.1. The average molecular weight is 463 g/mol. The van der Waals surface area contributed by atoms with Gasteiger partial charge in [-0.15, -0.1) is 0 Å². The first-order chi connectivity index (χ1) is 14.3. The normalized spacial score (nSPS) is 10.9. The zero-order valence-electron chi connectivity index (χ0n) is 16.8. The van der Waals surface area contributed by atoms with Crippen LogP contribution in [-0.2, 0) is 0 Å². The molecule has 0 aliphatic rings. The van der Waals surface area contributed by atoms with Gasteiger partial charge >= 0.3 is 5.97 Å². The Morgan fingerprint density at radius 3 is 2.37 bits per heavy atom. The molecule has 30 heavy (non-hydrogen) atoms. The van der Waals surface area contributed by atoms with Crippen molar-refractivity contribution in [2.24, 2.45) is 0 Å². The minimum Gasteiger partial charge on any atom is -0.452 e. The fourth-order valence-corrected chi connectivity index (χ4v) is 3.83. The summed E-state index contributed by atoms with van der Waals surface area (Å²) in [5, 5.41) is 0.411. The van der Waals surface area contributed by atoms with E-state index < -0.39 is 5.97 Å². The quantitative estimate of drug-likeness (QED) is 0.332. The van der Waals surface area contributed by atoms with Gasteiger partial charge in [0.05, 0.1) is 10.9 Å². The van der Waals surface area contributed by atoms with Crippen LogP contribution < -0.4 is 10.2 Å². The maximum atomic E-state index is 13.4. The minimum atomic E-state index is -0.624. The van der Waals surface area contributed by atoms with E-state index in [0.717, 1.165) is 21.2 Å². The van der Waals surface area contributed by atoms with Gasteiger partial charge in [-0.3, -0.25) is 4.79 Å². The molecule has 1 heterocycles. The van der Waals surface area contributed by atoms with Gasteiger partial charge in [-0.25, -0.2) is 4.79 Å². The van der Waals surface area contributed by atoms with E-state index in [9.17, 15) is 9.59 Å². The van der Waals surface area contributed by atoms with Gasteiger partial charge in [-0.2, -0.15) is 0 Å². The lowest BCUT2D eigenvalue weighted by Gasteiger charge is -2.12. The first-order valence-corrected chi connectivity index (χ1v) is 10.3. The highest BCUT2D eigenvalue weighted by Crippen LogP contribution is 2.33. The van der Waals surface area contributed by atoms with Crippen LogP contribution in [0.3, 0.4) is 0 Å². The van der Waals surface area contributed by atoms with Gasteiger partial charge in [0.15, 0.2) is 5.76 Å². The lowest BCUT2D eigenvalue weighted by atomic mass is 10.0. The Morgan fingerprint density at radius 2 is 1.67 bits per heavy atom. The maximum absolute atomic E-state index is 13.4. The number of rotatable bonds is 3. The number of halogens is 1. The first-order valence-electron chi connectivity index (χ1n) is 9.46. The summed E-state index contributed by atoms with van der Waals surface area (Å²) >= 11 is 3.35. The predicted octanol–water partition coefficient (Wildman–Crippen LogP) is 6.37. The van der Waals surface area contributed by atoms with Gasteiger partial charge in [0.1, 0.15) is 5.58 Å². The van der Waals surface area contributed by atoms with E-state index >= 15 is 0 Å². The molecule has 1 aromatic heterocycles. The SMILES string of the molecule is Cc1ccc(-c2oc3cc(C)cc(C)c3c(=O)c2OC(=O)c2cccc(Br)c2)cc1. The second-order valence-electron chi connectivity index (χ2n) is 7.31. The molecule has 0 aliphatic carbocycles. The molecule has 0 radical (unpaired) electrons. The summed E-state index contributed by atoms with van der Waals surface area (Å²) in [5.74, 6) is -0.495. The number of carbonyl (C=O) groups is 1. The van der Waals surface area contributed by atoms with Gasteiger partial charge < -0.3 is 9.15 Å². The van der Waals surface area contributed by atoms with Crippen LogP contribution in [0, 0.1) is 20.8 Å². The Morgan fingerprint density at radius 1 is 0.933 bits per heavy atom. The van der Waals surface area contributed by atoms with Crippen molar-refractivity contribution in [1.29, 1.82) is 0 Å². The molecule has 0 spiro atoms. The van der Waals surface area contributed by atoms with E-state index in [2.05, 4.69) is 15.9 Å². The van der Waals surface area contributed by atoms with E-state index in [4.69, 9.17) is 9.15 Å². The molecule has 0 saturated carbocycles. The number of hydrogen-bond acceptors (Lipinski definition) is 4. The van der Waals surface area contributed by atoms with Crippen molar-refractivity contribution in [3.63, 3.8) is 0 Å². The van der Waals surface area contributed by atoms with E-state index in [-0.39, 0.29) is 16.9 Å². The molecule has 0 atom stereocenters. The van der Waals surface area contributed by atoms with Crippen LogP contribution in [0.25, 0.3) is 22.3 Å². The molecule has 0 unspecified atom stereocenters. The number of benzene rings is 3. The van der Waals surface area contributed by atoms with Crippen LogP contribution >= 0.6 is 15.9 Å². The van der Waals surface area contributed by atoms with E-state index in [1.165, 1.54) is 0 Å². The van der Waals surface area contributed by atoms with Crippen molar-refractivity contribution in [3.05, 3.63) is 97.6 Å². The fraction of sp³-hybridized carbons (Fsp3) is 0.120. The van der Waals surface area contributed by atoms with Gasteiger partial charge in [-0.05, 0) is 56.2 Å². The molecule has 150 valence electrons. The maximum Gasteiger partial charge on any atom is 0.343 e. The summed E-state index contributed by atoms with van der Waals surface area (Å²) in [6.45, 7) is 5.76. The van der Waals surface area contributed by atoms with E-state index in [1.54, 1.807) is 18.2 Å². The molecule has 0 amide bonds. The number of hydrogen-bond donors (Lipinski definition) is 0. The second-order valence-corrected chi connectivity index (χ2v) is 8.23. The van der Waals surface area contributed by atoms with E-state index in [0.29, 0.717) is 22.1 Å². The Hall–Kier alpha value is -3.18. The van der Waals surface area contributed by atoms with Crippen molar-refractivity contribution in [3.8, 4) is 17.1 Å². The summed E-state index contributed by atoms with van der Waals surface area (Å²) < 4.78 is 12.5. The van der Waals surface area contributed by atoms with Crippen LogP contribution in [0.1, 0.15) is 27.0 Å². The summed E-state index contributed by atoms with van der Waals surface area (Å²) in [6.07, 6.45) is 0. The molecule has 0 aliphatic heterocycles. The minimum absolute atomic E-state index is 0.108. The predicted molar refractivity (Wildman–Crippen MR) is 121 cm³/mol. The zero-order valence-corrected chi connectivity index (χ0v) is 18.4. The van der Waals surface area contributed by atoms with Crippen LogP contribution in [0.4, 0.5) is 0 Å². The molecule has 4 rings (SSSR count). The second kappa shape index (κ2) is 7.92. The average Bonchev–Trinajstić information content (AvgIpc) is 2.70. The molecule has 4 nitrogen and oxygen atoms in total. The van der Waals surface area contributed by atoms with Crippen LogP contribution in [0.15, 0.2) is 74.3 Å². The highest BCUT2D eigenvalue weighted by atomic mass is 79.9. The zero-order chi connectivity index (χ0) is 21.4. The standard InChI is InChI=1S/C25H19BrO4/c1-14-7-9-17(10-8-14)23-24(30-25(28)18-5-4-6-19(26)13-18)22(27)21-16(3)11-15(2)12-20(21)29-23/h4-13H,1-3H3. The number of aryl methyl sites for hydroxylation is 3. The molecule has 0 N–H and O–H groups in total. The molecule has 0 bridgehead atoms. The van der Waals surface area contributed by atoms with Crippen molar-refractivity contribution >= 4 is 32.9 Å². The summed E-state index contributed by atoms with van der Waals surface area (Å²) in [6, 6.07) is 18.1. The molecule has 3 aromatic carbocycles. The van der Waals surface area contributed by atoms with Crippen molar-refractivity contribution < 1.29 is 13.9 Å². The highest BCUT2D eigenvalue weighted by molar-refractivity contribution is 9.10. The third-order valence-corrected chi connectivity index (χ3v) is 5.36. The van der Waals surface area contributed by atoms with Crippen LogP contribution in [0.5, 0.6) is 5.75 Å². The number of esters is 1. The topological polar surface area (TPSA) is 56.5 Å². The molecule has 0 saturated heterocycles. The fourth-order valence-electron chi connectivity index (χ4n) is 3.43. The lowest BCUT2D eigenvalue weighted by Crippen LogP contribution is -2.17. The summed E-state index contributed by atoms with van der Waals surface area (Å²) in [4.78, 5) is 26.2. The van der Waals surface area contributed by atoms with Crippen LogP contribution in [-0.4, -0.2) is 5.97 Å². The van der Waals surface area contributed by atoms with Crippen molar-refractivity contribution in [2.75, 3.05) is 0 Å². The van der Waals surface area contributed by atoms with Gasteiger partial charge in [-0.1, -0.05) is 57.9 Å². The molecular weight excluding hydrogens is 444 g/mol. The largest absolute Gasteiger partial charge is 0.452 e. The summed E-state index contributed by atoms with van der Waals surface area (Å²) in [5.41, 5.74) is 3.92. The van der Waals surface area contributed by atoms with Crippen molar-refractivity contribution in [2.45, 2.75) is 20.8 Å². The molecule has 5 heteroatoms. The smallest absolute Gasteiger partial charge is 0.343 e. The van der Waals surface area contributed by atoms with Gasteiger partial charge in [0.25, 0.3) is 0 Å². The Bertz CT molecular complexity index is 1330. The number of fused-ring (bicyclic) bond motifs is 1. The number of ether oxygens (including phenoxy) is 1. The molecular formula is C25H19BrO4. The van der Waals surface area contributed by atoms with Crippen molar-refractivity contribution in [1.82, 2.24) is 0 Å². The van der Waals surface area contributed by atoms with Gasteiger partial charge in [0, 0.05) is 10.0 Å². The van der Waals surface area contributed by atoms with Gasteiger partial charge in [0.2, 0.25) is 11.2 Å².